The minimum absolute atomic E-state index is 0.141. The van der Waals surface area contributed by atoms with Gasteiger partial charge in [0.15, 0.2) is 0 Å². The Balaban J connectivity index is 2.07. The average Bonchev–Trinajstić information content (AvgIpc) is 2.49. The van der Waals surface area contributed by atoms with Gasteiger partial charge in [-0.3, -0.25) is 4.79 Å². The fourth-order valence-corrected chi connectivity index (χ4v) is 2.99. The Kier molecular flexibility index (Phi) is 5.62. The van der Waals surface area contributed by atoms with Crippen LogP contribution >= 0.6 is 0 Å². The molecule has 1 aromatic rings. The normalized spacial score (nSPS) is 18.6. The molecule has 1 aromatic carbocycles. The van der Waals surface area contributed by atoms with Crippen molar-refractivity contribution in [2.75, 3.05) is 38.7 Å². The lowest BCUT2D eigenvalue weighted by atomic mass is 9.98. The molecule has 116 valence electrons. The van der Waals surface area contributed by atoms with Crippen molar-refractivity contribution in [3.63, 3.8) is 0 Å². The molecule has 0 aliphatic carbocycles. The fourth-order valence-electron chi connectivity index (χ4n) is 2.99. The number of hydrogen-bond donors (Lipinski definition) is 1. The van der Waals surface area contributed by atoms with Crippen molar-refractivity contribution >= 4 is 11.6 Å². The van der Waals surface area contributed by atoms with E-state index < -0.39 is 0 Å². The molecular formula is C17H26N2O2. The molecule has 0 radical (unpaired) electrons. The average molecular weight is 290 g/mol. The Morgan fingerprint density at radius 2 is 2.29 bits per heavy atom. The van der Waals surface area contributed by atoms with Crippen molar-refractivity contribution in [1.82, 2.24) is 4.90 Å². The van der Waals surface area contributed by atoms with Crippen molar-refractivity contribution in [2.45, 2.75) is 26.7 Å². The highest BCUT2D eigenvalue weighted by molar-refractivity contribution is 5.95. The maximum absolute atomic E-state index is 12.6. The number of nitrogens with one attached hydrogen (secondary N) is 1. The third kappa shape index (κ3) is 3.97. The van der Waals surface area contributed by atoms with E-state index in [1.54, 1.807) is 7.11 Å². The highest BCUT2D eigenvalue weighted by Gasteiger charge is 2.24. The van der Waals surface area contributed by atoms with E-state index in [-0.39, 0.29) is 5.91 Å². The predicted molar refractivity (Wildman–Crippen MR) is 85.8 cm³/mol. The molecule has 1 aliphatic rings. The summed E-state index contributed by atoms with van der Waals surface area (Å²) in [7, 11) is 1.73. The number of methoxy groups -OCH3 is 1. The SMILES string of the molecule is CCNc1ccc(C(=O)N2CCCC(COC)C2)cc1C. The van der Waals surface area contributed by atoms with Crippen molar-refractivity contribution < 1.29 is 9.53 Å². The second kappa shape index (κ2) is 7.46. The van der Waals surface area contributed by atoms with Gasteiger partial charge in [0, 0.05) is 38.0 Å². The van der Waals surface area contributed by atoms with Crippen LogP contribution in [0.2, 0.25) is 0 Å². The van der Waals surface area contributed by atoms with E-state index >= 15 is 0 Å². The number of amides is 1. The molecule has 1 unspecified atom stereocenters. The summed E-state index contributed by atoms with van der Waals surface area (Å²) in [5.74, 6) is 0.608. The third-order valence-electron chi connectivity index (χ3n) is 4.05. The zero-order valence-electron chi connectivity index (χ0n) is 13.3. The van der Waals surface area contributed by atoms with E-state index in [9.17, 15) is 4.79 Å². The zero-order valence-corrected chi connectivity index (χ0v) is 13.3. The molecule has 1 aliphatic heterocycles. The number of benzene rings is 1. The van der Waals surface area contributed by atoms with Crippen LogP contribution in [-0.2, 0) is 4.74 Å². The summed E-state index contributed by atoms with van der Waals surface area (Å²) in [6.45, 7) is 7.40. The molecule has 1 amide bonds. The summed E-state index contributed by atoms with van der Waals surface area (Å²) in [6, 6.07) is 5.91. The predicted octanol–water partition coefficient (Wildman–Crippen LogP) is 2.93. The Hall–Kier alpha value is -1.55. The zero-order chi connectivity index (χ0) is 15.2. The van der Waals surface area contributed by atoms with Gasteiger partial charge in [0.25, 0.3) is 5.91 Å². The number of hydrogen-bond acceptors (Lipinski definition) is 3. The lowest BCUT2D eigenvalue weighted by Crippen LogP contribution is -2.41. The van der Waals surface area contributed by atoms with Gasteiger partial charge >= 0.3 is 0 Å². The van der Waals surface area contributed by atoms with Gasteiger partial charge in [-0.2, -0.15) is 0 Å². The van der Waals surface area contributed by atoms with Crippen molar-refractivity contribution in [1.29, 1.82) is 0 Å². The van der Waals surface area contributed by atoms with Crippen LogP contribution < -0.4 is 5.32 Å². The molecule has 21 heavy (non-hydrogen) atoms. The number of rotatable bonds is 5. The molecule has 1 N–H and O–H groups in total. The highest BCUT2D eigenvalue weighted by Crippen LogP contribution is 2.21. The second-order valence-electron chi connectivity index (χ2n) is 5.77. The standard InChI is InChI=1S/C17H26N2O2/c1-4-18-16-8-7-15(10-13(16)2)17(20)19-9-5-6-14(11-19)12-21-3/h7-8,10,14,18H,4-6,9,11-12H2,1-3H3. The number of carbonyl (C=O) groups is 1. The van der Waals surface area contributed by atoms with Crippen LogP contribution in [-0.4, -0.2) is 44.2 Å². The van der Waals surface area contributed by atoms with Crippen molar-refractivity contribution in [2.24, 2.45) is 5.92 Å². The minimum Gasteiger partial charge on any atom is -0.385 e. The van der Waals surface area contributed by atoms with Crippen LogP contribution in [0.5, 0.6) is 0 Å². The summed E-state index contributed by atoms with van der Waals surface area (Å²) in [4.78, 5) is 14.6. The molecule has 0 saturated carbocycles. The van der Waals surface area contributed by atoms with E-state index in [0.29, 0.717) is 5.92 Å². The molecule has 1 atom stereocenters. The quantitative estimate of drug-likeness (QED) is 0.906. The van der Waals surface area contributed by atoms with Gasteiger partial charge in [0.05, 0.1) is 6.61 Å². The van der Waals surface area contributed by atoms with E-state index in [2.05, 4.69) is 12.2 Å². The monoisotopic (exact) mass is 290 g/mol. The lowest BCUT2D eigenvalue weighted by Gasteiger charge is -2.32. The van der Waals surface area contributed by atoms with Gasteiger partial charge in [-0.05, 0) is 56.4 Å². The van der Waals surface area contributed by atoms with Crippen LogP contribution in [0.1, 0.15) is 35.7 Å². The van der Waals surface area contributed by atoms with Crippen LogP contribution in [0.4, 0.5) is 5.69 Å². The first-order valence-electron chi connectivity index (χ1n) is 7.78. The Bertz CT molecular complexity index is 486. The number of piperidine rings is 1. The molecule has 4 heteroatoms. The number of ether oxygens (including phenoxy) is 1. The van der Waals surface area contributed by atoms with Crippen molar-refractivity contribution in [3.05, 3.63) is 29.3 Å². The molecule has 0 aromatic heterocycles. The van der Waals surface area contributed by atoms with Gasteiger partial charge < -0.3 is 15.0 Å². The first kappa shape index (κ1) is 15.8. The summed E-state index contributed by atoms with van der Waals surface area (Å²) in [6.07, 6.45) is 2.21. The molecule has 0 bridgehead atoms. The molecule has 2 rings (SSSR count). The largest absolute Gasteiger partial charge is 0.385 e. The van der Waals surface area contributed by atoms with Crippen LogP contribution in [0, 0.1) is 12.8 Å². The van der Waals surface area contributed by atoms with Crippen LogP contribution in [0.15, 0.2) is 18.2 Å². The van der Waals surface area contributed by atoms with E-state index in [4.69, 9.17) is 4.74 Å². The summed E-state index contributed by atoms with van der Waals surface area (Å²) >= 11 is 0. The molecule has 1 saturated heterocycles. The van der Waals surface area contributed by atoms with Gasteiger partial charge in [0.1, 0.15) is 0 Å². The maximum Gasteiger partial charge on any atom is 0.253 e. The summed E-state index contributed by atoms with van der Waals surface area (Å²) < 4.78 is 5.23. The highest BCUT2D eigenvalue weighted by atomic mass is 16.5. The molecule has 4 nitrogen and oxygen atoms in total. The second-order valence-corrected chi connectivity index (χ2v) is 5.77. The fraction of sp³-hybridized carbons (Fsp3) is 0.588. The lowest BCUT2D eigenvalue weighted by molar-refractivity contribution is 0.0571. The number of aryl methyl sites for hydroxylation is 1. The smallest absolute Gasteiger partial charge is 0.253 e. The first-order chi connectivity index (χ1) is 10.2. The molecule has 1 fully saturated rings. The number of carbonyl (C=O) groups excluding carboxylic acids is 1. The van der Waals surface area contributed by atoms with E-state index in [0.717, 1.165) is 55.9 Å². The van der Waals surface area contributed by atoms with Crippen molar-refractivity contribution in [3.8, 4) is 0 Å². The Labute approximate surface area is 127 Å². The minimum atomic E-state index is 0.141. The van der Waals surface area contributed by atoms with Crippen LogP contribution in [0.25, 0.3) is 0 Å². The Morgan fingerprint density at radius 1 is 1.48 bits per heavy atom. The topological polar surface area (TPSA) is 41.6 Å². The van der Waals surface area contributed by atoms with Crippen LogP contribution in [0.3, 0.4) is 0 Å². The summed E-state index contributed by atoms with van der Waals surface area (Å²) in [5.41, 5.74) is 3.00. The molecule has 1 heterocycles. The number of likely N-dealkylation sites (tertiary alicyclic amines) is 1. The van der Waals surface area contributed by atoms with E-state index in [1.165, 1.54) is 0 Å². The van der Waals surface area contributed by atoms with Gasteiger partial charge in [0.2, 0.25) is 0 Å². The van der Waals surface area contributed by atoms with Gasteiger partial charge in [-0.1, -0.05) is 0 Å². The number of nitrogens with zero attached hydrogens (tertiary/aromatic N) is 1. The third-order valence-corrected chi connectivity index (χ3v) is 4.05. The molecule has 0 spiro atoms. The summed E-state index contributed by atoms with van der Waals surface area (Å²) in [5, 5.41) is 3.30. The number of anilines is 1. The van der Waals surface area contributed by atoms with E-state index in [1.807, 2.05) is 30.0 Å². The van der Waals surface area contributed by atoms with Gasteiger partial charge in [-0.15, -0.1) is 0 Å². The van der Waals surface area contributed by atoms with Gasteiger partial charge in [-0.25, -0.2) is 0 Å². The first-order valence-corrected chi connectivity index (χ1v) is 7.78. The molecular weight excluding hydrogens is 264 g/mol. The maximum atomic E-state index is 12.6. The Morgan fingerprint density at radius 3 is 2.95 bits per heavy atom.